The average Bonchev–Trinajstić information content (AvgIpc) is 2.22. The first kappa shape index (κ1) is 15.1. The van der Waals surface area contributed by atoms with Gasteiger partial charge in [-0.3, -0.25) is 9.00 Å². The molecule has 0 radical (unpaired) electrons. The van der Waals surface area contributed by atoms with E-state index in [0.717, 1.165) is 0 Å². The van der Waals surface area contributed by atoms with Crippen LogP contribution in [0.5, 0.6) is 0 Å². The zero-order valence-corrected chi connectivity index (χ0v) is 11.6. The van der Waals surface area contributed by atoms with E-state index in [2.05, 4.69) is 0 Å². The number of halogens is 2. The SMILES string of the molecule is CC(C)C(C(=O)O)S(=O)Cc1cc(Cl)ccc1F. The molecule has 0 bridgehead atoms. The Morgan fingerprint density at radius 1 is 1.50 bits per heavy atom. The minimum absolute atomic E-state index is 0.151. The number of rotatable bonds is 5. The van der Waals surface area contributed by atoms with Crippen LogP contribution in [-0.4, -0.2) is 20.5 Å². The standard InChI is InChI=1S/C12H14ClFO3S/c1-7(2)11(12(15)16)18(17)6-8-5-9(13)3-4-10(8)14/h3-5,7,11H,6H2,1-2H3,(H,15,16). The predicted octanol–water partition coefficient (Wildman–Crippen LogP) is 2.84. The number of carboxylic acid groups (broad SMARTS) is 1. The van der Waals surface area contributed by atoms with Gasteiger partial charge in [0.05, 0.1) is 5.75 Å². The monoisotopic (exact) mass is 292 g/mol. The maximum absolute atomic E-state index is 13.5. The van der Waals surface area contributed by atoms with Gasteiger partial charge in [0.1, 0.15) is 11.1 Å². The van der Waals surface area contributed by atoms with Gasteiger partial charge in [-0.1, -0.05) is 25.4 Å². The largest absolute Gasteiger partial charge is 0.480 e. The molecule has 1 aromatic rings. The lowest BCUT2D eigenvalue weighted by Gasteiger charge is -2.16. The van der Waals surface area contributed by atoms with Crippen LogP contribution in [0.2, 0.25) is 5.02 Å². The molecule has 2 unspecified atom stereocenters. The van der Waals surface area contributed by atoms with E-state index in [1.807, 2.05) is 0 Å². The van der Waals surface area contributed by atoms with E-state index < -0.39 is 27.8 Å². The second-order valence-electron chi connectivity index (χ2n) is 4.26. The number of carboxylic acids is 1. The molecule has 1 aromatic carbocycles. The van der Waals surface area contributed by atoms with Crippen LogP contribution in [0.15, 0.2) is 18.2 Å². The van der Waals surface area contributed by atoms with Crippen molar-refractivity contribution in [1.29, 1.82) is 0 Å². The van der Waals surface area contributed by atoms with Gasteiger partial charge in [-0.05, 0) is 24.1 Å². The van der Waals surface area contributed by atoms with E-state index in [1.165, 1.54) is 18.2 Å². The molecule has 0 aliphatic carbocycles. The Morgan fingerprint density at radius 2 is 2.11 bits per heavy atom. The summed E-state index contributed by atoms with van der Waals surface area (Å²) in [5.41, 5.74) is 0.174. The first-order valence-corrected chi connectivity index (χ1v) is 7.13. The summed E-state index contributed by atoms with van der Waals surface area (Å²) in [7, 11) is -1.69. The molecule has 2 atom stereocenters. The third kappa shape index (κ3) is 3.78. The van der Waals surface area contributed by atoms with Crippen molar-refractivity contribution in [2.45, 2.75) is 24.9 Å². The Balaban J connectivity index is 2.92. The van der Waals surface area contributed by atoms with Crippen LogP contribution < -0.4 is 0 Å². The lowest BCUT2D eigenvalue weighted by molar-refractivity contribution is -0.137. The van der Waals surface area contributed by atoms with E-state index in [4.69, 9.17) is 16.7 Å². The minimum atomic E-state index is -1.69. The molecule has 0 aliphatic heterocycles. The average molecular weight is 293 g/mol. The van der Waals surface area contributed by atoms with Gasteiger partial charge in [0.2, 0.25) is 0 Å². The summed E-state index contributed by atoms with van der Waals surface area (Å²) in [6, 6.07) is 3.94. The van der Waals surface area contributed by atoms with Crippen LogP contribution in [0.4, 0.5) is 4.39 Å². The zero-order chi connectivity index (χ0) is 13.9. The molecule has 1 rings (SSSR count). The maximum Gasteiger partial charge on any atom is 0.319 e. The van der Waals surface area contributed by atoms with Crippen molar-refractivity contribution < 1.29 is 18.5 Å². The third-order valence-electron chi connectivity index (χ3n) is 2.44. The highest BCUT2D eigenvalue weighted by Gasteiger charge is 2.28. The Morgan fingerprint density at radius 3 is 2.61 bits per heavy atom. The van der Waals surface area contributed by atoms with Crippen LogP contribution >= 0.6 is 11.6 Å². The van der Waals surface area contributed by atoms with Gasteiger partial charge in [0.25, 0.3) is 0 Å². The van der Waals surface area contributed by atoms with Gasteiger partial charge in [0.15, 0.2) is 0 Å². The number of carbonyl (C=O) groups is 1. The molecule has 0 saturated carbocycles. The van der Waals surface area contributed by atoms with Crippen molar-refractivity contribution >= 4 is 28.4 Å². The van der Waals surface area contributed by atoms with Crippen molar-refractivity contribution in [3.8, 4) is 0 Å². The van der Waals surface area contributed by atoms with Crippen LogP contribution in [0.3, 0.4) is 0 Å². The van der Waals surface area contributed by atoms with E-state index in [-0.39, 0.29) is 17.2 Å². The van der Waals surface area contributed by atoms with Gasteiger partial charge in [-0.15, -0.1) is 0 Å². The lowest BCUT2D eigenvalue weighted by atomic mass is 10.1. The summed E-state index contributed by atoms with van der Waals surface area (Å²) in [6.07, 6.45) is 0. The molecule has 0 amide bonds. The fourth-order valence-electron chi connectivity index (χ4n) is 1.60. The van der Waals surface area contributed by atoms with Gasteiger partial charge >= 0.3 is 5.97 Å². The molecule has 0 saturated heterocycles. The summed E-state index contributed by atoms with van der Waals surface area (Å²) >= 11 is 5.72. The molecule has 18 heavy (non-hydrogen) atoms. The highest BCUT2D eigenvalue weighted by molar-refractivity contribution is 7.85. The summed E-state index contributed by atoms with van der Waals surface area (Å²) < 4.78 is 25.4. The molecule has 3 nitrogen and oxygen atoms in total. The van der Waals surface area contributed by atoms with E-state index >= 15 is 0 Å². The van der Waals surface area contributed by atoms with Crippen LogP contribution in [-0.2, 0) is 21.3 Å². The van der Waals surface area contributed by atoms with Crippen LogP contribution in [0, 0.1) is 11.7 Å². The van der Waals surface area contributed by atoms with Gasteiger partial charge in [-0.25, -0.2) is 4.39 Å². The molecule has 0 heterocycles. The molecule has 6 heteroatoms. The Bertz CT molecular complexity index is 476. The topological polar surface area (TPSA) is 54.4 Å². The van der Waals surface area contributed by atoms with Crippen molar-refractivity contribution in [3.63, 3.8) is 0 Å². The highest BCUT2D eigenvalue weighted by Crippen LogP contribution is 2.19. The molecule has 0 fully saturated rings. The normalized spacial score (nSPS) is 14.5. The molecular weight excluding hydrogens is 279 g/mol. The zero-order valence-electron chi connectivity index (χ0n) is 10.0. The first-order chi connectivity index (χ1) is 8.32. The van der Waals surface area contributed by atoms with E-state index in [1.54, 1.807) is 13.8 Å². The molecular formula is C12H14ClFO3S. The molecule has 1 N–H and O–H groups in total. The first-order valence-electron chi connectivity index (χ1n) is 5.37. The Labute approximate surface area is 112 Å². The van der Waals surface area contributed by atoms with Crippen molar-refractivity contribution in [1.82, 2.24) is 0 Å². The summed E-state index contributed by atoms with van der Waals surface area (Å²) in [6.45, 7) is 3.34. The van der Waals surface area contributed by atoms with Crippen LogP contribution in [0.1, 0.15) is 19.4 Å². The Hall–Kier alpha value is -0.940. The van der Waals surface area contributed by atoms with Crippen molar-refractivity contribution in [3.05, 3.63) is 34.6 Å². The molecule has 0 aromatic heterocycles. The summed E-state index contributed by atoms with van der Waals surface area (Å²) in [4.78, 5) is 11.0. The predicted molar refractivity (Wildman–Crippen MR) is 69.5 cm³/mol. The fraction of sp³-hybridized carbons (Fsp3) is 0.417. The summed E-state index contributed by atoms with van der Waals surface area (Å²) in [5, 5.41) is 8.33. The van der Waals surface area contributed by atoms with Gasteiger partial charge in [0, 0.05) is 21.4 Å². The number of hydrogen-bond acceptors (Lipinski definition) is 2. The number of hydrogen-bond donors (Lipinski definition) is 1. The highest BCUT2D eigenvalue weighted by atomic mass is 35.5. The maximum atomic E-state index is 13.5. The van der Waals surface area contributed by atoms with Gasteiger partial charge in [-0.2, -0.15) is 0 Å². The lowest BCUT2D eigenvalue weighted by Crippen LogP contribution is -2.31. The van der Waals surface area contributed by atoms with Crippen LogP contribution in [0.25, 0.3) is 0 Å². The third-order valence-corrected chi connectivity index (χ3v) is 4.58. The number of aliphatic carboxylic acids is 1. The van der Waals surface area contributed by atoms with E-state index in [0.29, 0.717) is 5.02 Å². The van der Waals surface area contributed by atoms with E-state index in [9.17, 15) is 13.4 Å². The van der Waals surface area contributed by atoms with Crippen molar-refractivity contribution in [2.75, 3.05) is 0 Å². The molecule has 100 valence electrons. The molecule has 0 aliphatic rings. The summed E-state index contributed by atoms with van der Waals surface area (Å²) in [5.74, 6) is -2.10. The smallest absolute Gasteiger partial charge is 0.319 e. The minimum Gasteiger partial charge on any atom is -0.480 e. The molecule has 0 spiro atoms. The fourth-order valence-corrected chi connectivity index (χ4v) is 3.33. The second kappa shape index (κ2) is 6.29. The Kier molecular flexibility index (Phi) is 5.28. The quantitative estimate of drug-likeness (QED) is 0.908. The van der Waals surface area contributed by atoms with Gasteiger partial charge < -0.3 is 5.11 Å². The van der Waals surface area contributed by atoms with Crippen molar-refractivity contribution in [2.24, 2.45) is 5.92 Å². The number of benzene rings is 1. The second-order valence-corrected chi connectivity index (χ2v) is 6.26.